The van der Waals surface area contributed by atoms with Crippen LogP contribution in [0.3, 0.4) is 0 Å². The average molecular weight is 503 g/mol. The lowest BCUT2D eigenvalue weighted by Crippen LogP contribution is -2.29. The molecule has 2 aromatic carbocycles. The lowest BCUT2D eigenvalue weighted by atomic mass is 9.96. The maximum atomic E-state index is 6.39. The monoisotopic (exact) mass is 502 g/mol. The van der Waals surface area contributed by atoms with E-state index in [4.69, 9.17) is 28.6 Å². The summed E-state index contributed by atoms with van der Waals surface area (Å²) in [5, 5.41) is 4.89. The van der Waals surface area contributed by atoms with Gasteiger partial charge in [0.2, 0.25) is 0 Å². The van der Waals surface area contributed by atoms with Crippen LogP contribution in [0.2, 0.25) is 5.02 Å². The van der Waals surface area contributed by atoms with Gasteiger partial charge in [-0.2, -0.15) is 0 Å². The van der Waals surface area contributed by atoms with Crippen LogP contribution in [0.15, 0.2) is 72.9 Å². The van der Waals surface area contributed by atoms with Crippen LogP contribution in [-0.4, -0.2) is 21.8 Å². The molecule has 7 heteroatoms. The van der Waals surface area contributed by atoms with Gasteiger partial charge in [-0.3, -0.25) is 4.98 Å². The topological polar surface area (TPSA) is 42.3 Å². The third-order valence-corrected chi connectivity index (χ3v) is 7.13. The molecule has 1 N–H and O–H groups in total. The smallest absolute Gasteiger partial charge is 0.174 e. The first kappa shape index (κ1) is 23.4. The van der Waals surface area contributed by atoms with Gasteiger partial charge in [-0.15, -0.1) is 0 Å². The molecule has 2 atom stereocenters. The zero-order valence-corrected chi connectivity index (χ0v) is 21.7. The summed E-state index contributed by atoms with van der Waals surface area (Å²) in [4.78, 5) is 6.88. The number of hydrogen-bond acceptors (Lipinski definition) is 3. The molecule has 0 saturated carbocycles. The molecule has 4 aromatic rings. The van der Waals surface area contributed by atoms with Crippen LogP contribution in [0.1, 0.15) is 40.3 Å². The molecule has 1 fully saturated rings. The molecule has 5 rings (SSSR count). The number of halogens is 1. The van der Waals surface area contributed by atoms with Gasteiger partial charge in [-0.05, 0) is 87.1 Å². The fourth-order valence-corrected chi connectivity index (χ4v) is 5.46. The summed E-state index contributed by atoms with van der Waals surface area (Å²) in [6, 6.07) is 22.2. The van der Waals surface area contributed by atoms with Crippen LogP contribution >= 0.6 is 23.8 Å². The lowest BCUT2D eigenvalue weighted by molar-refractivity contribution is 0.412. The molecule has 2 aromatic heterocycles. The van der Waals surface area contributed by atoms with E-state index < -0.39 is 0 Å². The number of nitrogens with zero attached hydrogens (tertiary/aromatic N) is 3. The number of rotatable bonds is 5. The van der Waals surface area contributed by atoms with Gasteiger partial charge in [0.05, 0.1) is 30.6 Å². The lowest BCUT2D eigenvalue weighted by Gasteiger charge is -2.28. The van der Waals surface area contributed by atoms with Crippen molar-refractivity contribution in [2.45, 2.75) is 32.9 Å². The molecule has 0 aliphatic carbocycles. The Hall–Kier alpha value is -3.35. The van der Waals surface area contributed by atoms with Crippen LogP contribution in [0.25, 0.3) is 5.69 Å². The Morgan fingerprint density at radius 2 is 1.77 bits per heavy atom. The number of pyridine rings is 1. The Labute approximate surface area is 216 Å². The minimum absolute atomic E-state index is 0.0924. The number of benzene rings is 2. The summed E-state index contributed by atoms with van der Waals surface area (Å²) in [6.45, 7) is 6.32. The molecular formula is C28H27ClN4OS. The normalized spacial score (nSPS) is 17.5. The van der Waals surface area contributed by atoms with Crippen molar-refractivity contribution in [3.8, 4) is 11.4 Å². The Morgan fingerprint density at radius 3 is 2.46 bits per heavy atom. The minimum Gasteiger partial charge on any atom is -0.495 e. The van der Waals surface area contributed by atoms with E-state index in [1.54, 1.807) is 7.11 Å². The van der Waals surface area contributed by atoms with Crippen molar-refractivity contribution in [3.05, 3.63) is 106 Å². The summed E-state index contributed by atoms with van der Waals surface area (Å²) in [5.74, 6) is 0.763. The zero-order chi connectivity index (χ0) is 24.7. The molecule has 35 heavy (non-hydrogen) atoms. The predicted octanol–water partition coefficient (Wildman–Crippen LogP) is 6.64. The Kier molecular flexibility index (Phi) is 6.26. The van der Waals surface area contributed by atoms with Gasteiger partial charge in [0.1, 0.15) is 5.75 Å². The summed E-state index contributed by atoms with van der Waals surface area (Å²) in [7, 11) is 1.68. The molecule has 3 heterocycles. The highest BCUT2D eigenvalue weighted by Gasteiger charge is 2.42. The first-order valence-corrected chi connectivity index (χ1v) is 12.3. The molecule has 1 aliphatic heterocycles. The van der Waals surface area contributed by atoms with Gasteiger partial charge < -0.3 is 19.5 Å². The van der Waals surface area contributed by atoms with Gasteiger partial charge in [0, 0.05) is 28.3 Å². The Morgan fingerprint density at radius 1 is 1.00 bits per heavy atom. The molecule has 0 spiro atoms. The van der Waals surface area contributed by atoms with Gasteiger partial charge >= 0.3 is 0 Å². The average Bonchev–Trinajstić information content (AvgIpc) is 3.35. The third kappa shape index (κ3) is 4.17. The summed E-state index contributed by atoms with van der Waals surface area (Å²) >= 11 is 12.3. The molecule has 0 amide bonds. The zero-order valence-electron chi connectivity index (χ0n) is 20.1. The molecule has 0 unspecified atom stereocenters. The standard InChI is InChI=1S/C28H27ClN4OS/c1-17-8-11-21(12-9-17)33-27(26(31-28(33)35)23-7-5-6-14-30-23)22-15-18(2)32(19(22)3)24-16-20(29)10-13-25(24)34-4/h5-16,26-27H,1-4H3,(H,31,35)/t26-,27+/m1/s1. The highest BCUT2D eigenvalue weighted by Crippen LogP contribution is 2.44. The SMILES string of the molecule is COc1ccc(Cl)cc1-n1c(C)cc([C@H]2[C@@H](c3ccccn3)NC(=S)N2c2ccc(C)cc2)c1C. The largest absolute Gasteiger partial charge is 0.495 e. The van der Waals surface area contributed by atoms with Crippen molar-refractivity contribution < 1.29 is 4.74 Å². The highest BCUT2D eigenvalue weighted by atomic mass is 35.5. The second-order valence-corrected chi connectivity index (χ2v) is 9.63. The van der Waals surface area contributed by atoms with E-state index in [0.717, 1.165) is 39.8 Å². The Bertz CT molecular complexity index is 1380. The van der Waals surface area contributed by atoms with Crippen molar-refractivity contribution in [3.63, 3.8) is 0 Å². The van der Waals surface area contributed by atoms with Crippen LogP contribution in [-0.2, 0) is 0 Å². The van der Waals surface area contributed by atoms with Gasteiger partial charge in [0.15, 0.2) is 5.11 Å². The fourth-order valence-electron chi connectivity index (χ4n) is 4.95. The molecule has 1 aliphatic rings. The number of thiocarbonyl (C=S) groups is 1. The van der Waals surface area contributed by atoms with E-state index in [2.05, 4.69) is 70.9 Å². The quantitative estimate of drug-likeness (QED) is 0.310. The number of ether oxygens (including phenoxy) is 1. The van der Waals surface area contributed by atoms with E-state index in [1.165, 1.54) is 5.56 Å². The van der Waals surface area contributed by atoms with E-state index in [0.29, 0.717) is 10.1 Å². The highest BCUT2D eigenvalue weighted by molar-refractivity contribution is 7.80. The van der Waals surface area contributed by atoms with Gasteiger partial charge in [0.25, 0.3) is 0 Å². The molecule has 0 radical (unpaired) electrons. The number of nitrogens with one attached hydrogen (secondary N) is 1. The third-order valence-electron chi connectivity index (χ3n) is 6.58. The van der Waals surface area contributed by atoms with Crippen LogP contribution < -0.4 is 15.0 Å². The van der Waals surface area contributed by atoms with Crippen molar-refractivity contribution in [1.82, 2.24) is 14.9 Å². The fraction of sp³-hybridized carbons (Fsp3) is 0.214. The number of aryl methyl sites for hydroxylation is 2. The van der Waals surface area contributed by atoms with E-state index in [1.807, 2.05) is 42.6 Å². The van der Waals surface area contributed by atoms with E-state index in [9.17, 15) is 0 Å². The summed E-state index contributed by atoms with van der Waals surface area (Å²) < 4.78 is 7.87. The maximum absolute atomic E-state index is 6.39. The second kappa shape index (κ2) is 9.36. The van der Waals surface area contributed by atoms with E-state index >= 15 is 0 Å². The van der Waals surface area contributed by atoms with Crippen molar-refractivity contribution in [2.24, 2.45) is 0 Å². The van der Waals surface area contributed by atoms with Crippen LogP contribution in [0.5, 0.6) is 5.75 Å². The first-order chi connectivity index (χ1) is 16.9. The van der Waals surface area contributed by atoms with Gasteiger partial charge in [-0.25, -0.2) is 0 Å². The predicted molar refractivity (Wildman–Crippen MR) is 146 cm³/mol. The number of hydrogen-bond donors (Lipinski definition) is 1. The van der Waals surface area contributed by atoms with Crippen molar-refractivity contribution >= 4 is 34.6 Å². The summed E-state index contributed by atoms with van der Waals surface area (Å²) in [5.41, 5.74) is 7.44. The van der Waals surface area contributed by atoms with E-state index in [-0.39, 0.29) is 12.1 Å². The molecule has 1 saturated heterocycles. The maximum Gasteiger partial charge on any atom is 0.174 e. The van der Waals surface area contributed by atoms with Gasteiger partial charge in [-0.1, -0.05) is 35.4 Å². The Balaban J connectivity index is 1.70. The molecule has 178 valence electrons. The minimum atomic E-state index is -0.111. The van der Waals surface area contributed by atoms with Crippen LogP contribution in [0, 0.1) is 20.8 Å². The number of aromatic nitrogens is 2. The van der Waals surface area contributed by atoms with Crippen molar-refractivity contribution in [2.75, 3.05) is 12.0 Å². The molecule has 0 bridgehead atoms. The first-order valence-electron chi connectivity index (χ1n) is 11.5. The number of anilines is 1. The second-order valence-electron chi connectivity index (χ2n) is 8.81. The van der Waals surface area contributed by atoms with Crippen molar-refractivity contribution in [1.29, 1.82) is 0 Å². The molecule has 5 nitrogen and oxygen atoms in total. The van der Waals surface area contributed by atoms with Crippen LogP contribution in [0.4, 0.5) is 5.69 Å². The molecular weight excluding hydrogens is 476 g/mol. The summed E-state index contributed by atoms with van der Waals surface area (Å²) in [6.07, 6.45) is 1.83. The number of methoxy groups -OCH3 is 1.